The molecular formula is C23H28N4O4S. The number of hydrogen-bond donors (Lipinski definition) is 2. The molecule has 0 radical (unpaired) electrons. The third kappa shape index (κ3) is 6.24. The van der Waals surface area contributed by atoms with Gasteiger partial charge >= 0.3 is 0 Å². The number of sulfonamides is 1. The number of rotatable bonds is 7. The molecule has 1 aliphatic carbocycles. The lowest BCUT2D eigenvalue weighted by Gasteiger charge is -2.10. The Morgan fingerprint density at radius 1 is 1.06 bits per heavy atom. The van der Waals surface area contributed by atoms with Crippen molar-refractivity contribution in [1.29, 1.82) is 0 Å². The van der Waals surface area contributed by atoms with Crippen LogP contribution < -0.4 is 10.0 Å². The van der Waals surface area contributed by atoms with Gasteiger partial charge in [-0.15, -0.1) is 10.2 Å². The second kappa shape index (κ2) is 10.1. The summed E-state index contributed by atoms with van der Waals surface area (Å²) >= 11 is 0. The van der Waals surface area contributed by atoms with E-state index in [0.29, 0.717) is 17.5 Å². The number of hydrogen-bond acceptors (Lipinski definition) is 6. The van der Waals surface area contributed by atoms with Gasteiger partial charge in [0.2, 0.25) is 21.8 Å². The van der Waals surface area contributed by atoms with Gasteiger partial charge in [-0.1, -0.05) is 32.0 Å². The highest BCUT2D eigenvalue weighted by Gasteiger charge is 2.24. The normalized spacial score (nSPS) is 13.2. The van der Waals surface area contributed by atoms with Crippen molar-refractivity contribution in [3.8, 4) is 22.6 Å². The van der Waals surface area contributed by atoms with E-state index >= 15 is 0 Å². The van der Waals surface area contributed by atoms with E-state index < -0.39 is 10.0 Å². The lowest BCUT2D eigenvalue weighted by Crippen LogP contribution is -2.25. The Labute approximate surface area is 188 Å². The van der Waals surface area contributed by atoms with Gasteiger partial charge in [0, 0.05) is 17.2 Å². The molecule has 0 bridgehead atoms. The lowest BCUT2D eigenvalue weighted by molar-refractivity contribution is 0.0951. The number of aromatic nitrogens is 2. The predicted octanol–water partition coefficient (Wildman–Crippen LogP) is 3.68. The minimum atomic E-state index is -3.34. The zero-order valence-corrected chi connectivity index (χ0v) is 19.5. The minimum absolute atomic E-state index is 0.0449. The summed E-state index contributed by atoms with van der Waals surface area (Å²) in [6, 6.07) is 13.6. The second-order valence-electron chi connectivity index (χ2n) is 7.45. The molecule has 8 nitrogen and oxygen atoms in total. The number of aryl methyl sites for hydroxylation is 1. The van der Waals surface area contributed by atoms with E-state index in [1.807, 2.05) is 63.2 Å². The van der Waals surface area contributed by atoms with E-state index in [4.69, 9.17) is 4.42 Å². The van der Waals surface area contributed by atoms with Crippen molar-refractivity contribution in [3.05, 3.63) is 59.5 Å². The highest BCUT2D eigenvalue weighted by Crippen LogP contribution is 2.28. The maximum absolute atomic E-state index is 12.4. The van der Waals surface area contributed by atoms with Gasteiger partial charge in [-0.05, 0) is 60.7 Å². The largest absolute Gasteiger partial charge is 0.419 e. The summed E-state index contributed by atoms with van der Waals surface area (Å²) in [5.74, 6) is 0.447. The minimum Gasteiger partial charge on any atom is -0.419 e. The Morgan fingerprint density at radius 3 is 2.34 bits per heavy atom. The number of carbonyl (C=O) groups excluding carboxylic acids is 1. The summed E-state index contributed by atoms with van der Waals surface area (Å²) in [5, 5.41) is 10.8. The fraction of sp³-hybridized carbons (Fsp3) is 0.348. The van der Waals surface area contributed by atoms with Gasteiger partial charge in [-0.3, -0.25) is 4.79 Å². The molecule has 1 aliphatic rings. The first-order valence-corrected chi connectivity index (χ1v) is 12.5. The molecule has 0 aliphatic heterocycles. The molecule has 0 saturated heterocycles. The van der Waals surface area contributed by atoms with Gasteiger partial charge in [0.05, 0.1) is 12.8 Å². The van der Waals surface area contributed by atoms with Crippen LogP contribution in [0.15, 0.2) is 46.9 Å². The van der Waals surface area contributed by atoms with E-state index in [2.05, 4.69) is 20.2 Å². The molecular weight excluding hydrogens is 428 g/mol. The molecule has 1 aromatic heterocycles. The Morgan fingerprint density at radius 2 is 1.72 bits per heavy atom. The van der Waals surface area contributed by atoms with E-state index in [1.54, 1.807) is 0 Å². The second-order valence-corrected chi connectivity index (χ2v) is 9.28. The smallest absolute Gasteiger partial charge is 0.251 e. The van der Waals surface area contributed by atoms with Crippen LogP contribution >= 0.6 is 0 Å². The van der Waals surface area contributed by atoms with Crippen LogP contribution in [-0.4, -0.2) is 36.8 Å². The summed E-state index contributed by atoms with van der Waals surface area (Å²) in [4.78, 5) is 12.4. The molecule has 170 valence electrons. The molecule has 32 heavy (non-hydrogen) atoms. The Kier molecular flexibility index (Phi) is 7.42. The van der Waals surface area contributed by atoms with E-state index in [0.717, 1.165) is 41.4 Å². The van der Waals surface area contributed by atoms with Crippen molar-refractivity contribution in [1.82, 2.24) is 20.2 Å². The average Bonchev–Trinajstić information content (AvgIpc) is 3.46. The van der Waals surface area contributed by atoms with Gasteiger partial charge in [0.25, 0.3) is 5.91 Å². The van der Waals surface area contributed by atoms with Gasteiger partial charge in [0.1, 0.15) is 0 Å². The van der Waals surface area contributed by atoms with Crippen LogP contribution in [0.5, 0.6) is 0 Å². The molecule has 0 unspecified atom stereocenters. The lowest BCUT2D eigenvalue weighted by atomic mass is 9.97. The zero-order chi connectivity index (χ0) is 23.3. The van der Waals surface area contributed by atoms with Crippen molar-refractivity contribution in [3.63, 3.8) is 0 Å². The Hall–Kier alpha value is -3.04. The van der Waals surface area contributed by atoms with Crippen molar-refractivity contribution in [2.45, 2.75) is 46.2 Å². The number of carbonyl (C=O) groups is 1. The van der Waals surface area contributed by atoms with Gasteiger partial charge < -0.3 is 9.73 Å². The summed E-state index contributed by atoms with van der Waals surface area (Å²) < 4.78 is 30.2. The predicted molar refractivity (Wildman–Crippen MR) is 123 cm³/mol. The Balaban J connectivity index is 0.00000141. The van der Waals surface area contributed by atoms with Gasteiger partial charge in [0.15, 0.2) is 0 Å². The van der Waals surface area contributed by atoms with Crippen molar-refractivity contribution in [2.75, 3.05) is 6.26 Å². The molecule has 0 atom stereocenters. The SMILES string of the molecule is CC.Cc1ccc(C(=O)NC2CC2)cc1-c1ccc(-c2nnc(CNS(C)(=O)=O)o2)cc1. The monoisotopic (exact) mass is 456 g/mol. The fourth-order valence-electron chi connectivity index (χ4n) is 3.00. The highest BCUT2D eigenvalue weighted by molar-refractivity contribution is 7.88. The number of benzene rings is 2. The maximum Gasteiger partial charge on any atom is 0.251 e. The fourth-order valence-corrected chi connectivity index (χ4v) is 3.38. The molecule has 4 rings (SSSR count). The van der Waals surface area contributed by atoms with Crippen LogP contribution in [0.25, 0.3) is 22.6 Å². The quantitative estimate of drug-likeness (QED) is 0.561. The molecule has 3 aromatic rings. The van der Waals surface area contributed by atoms with Crippen LogP contribution in [0.3, 0.4) is 0 Å². The highest BCUT2D eigenvalue weighted by atomic mass is 32.2. The van der Waals surface area contributed by atoms with Crippen molar-refractivity contribution in [2.24, 2.45) is 0 Å². The average molecular weight is 457 g/mol. The third-order valence-electron chi connectivity index (χ3n) is 4.81. The number of nitrogens with one attached hydrogen (secondary N) is 2. The molecule has 2 N–H and O–H groups in total. The molecule has 1 heterocycles. The summed E-state index contributed by atoms with van der Waals surface area (Å²) in [6.07, 6.45) is 3.16. The summed E-state index contributed by atoms with van der Waals surface area (Å²) in [5.41, 5.74) is 4.38. The molecule has 1 amide bonds. The van der Waals surface area contributed by atoms with Crippen LogP contribution in [0, 0.1) is 6.92 Å². The molecule has 1 fully saturated rings. The number of amides is 1. The maximum atomic E-state index is 12.4. The first kappa shape index (κ1) is 23.6. The molecule has 9 heteroatoms. The number of nitrogens with zero attached hydrogens (tertiary/aromatic N) is 2. The van der Waals surface area contributed by atoms with E-state index in [-0.39, 0.29) is 18.3 Å². The van der Waals surface area contributed by atoms with Crippen LogP contribution in [0.2, 0.25) is 0 Å². The molecule has 0 spiro atoms. The topological polar surface area (TPSA) is 114 Å². The van der Waals surface area contributed by atoms with Gasteiger partial charge in [-0.25, -0.2) is 13.1 Å². The first-order chi connectivity index (χ1) is 15.3. The standard InChI is InChI=1S/C21H22N4O4S.C2H6/c1-13-3-4-16(20(26)23-17-9-10-17)11-18(13)14-5-7-15(8-6-14)21-25-24-19(29-21)12-22-30(2,27)28;1-2/h3-8,11,17,22H,9-10,12H2,1-2H3,(H,23,26);1-2H3. The molecule has 2 aromatic carbocycles. The van der Waals surface area contributed by atoms with Gasteiger partial charge in [-0.2, -0.15) is 0 Å². The molecule has 1 saturated carbocycles. The van der Waals surface area contributed by atoms with E-state index in [9.17, 15) is 13.2 Å². The third-order valence-corrected chi connectivity index (χ3v) is 5.48. The first-order valence-electron chi connectivity index (χ1n) is 10.6. The summed E-state index contributed by atoms with van der Waals surface area (Å²) in [6.45, 7) is 5.95. The van der Waals surface area contributed by atoms with Crippen LogP contribution in [0.4, 0.5) is 0 Å². The van der Waals surface area contributed by atoms with E-state index in [1.165, 1.54) is 0 Å². The Bertz CT molecular complexity index is 1180. The zero-order valence-electron chi connectivity index (χ0n) is 18.7. The van der Waals surface area contributed by atoms with Crippen LogP contribution in [0.1, 0.15) is 48.5 Å². The van der Waals surface area contributed by atoms with Crippen molar-refractivity contribution >= 4 is 15.9 Å². The van der Waals surface area contributed by atoms with Crippen molar-refractivity contribution < 1.29 is 17.6 Å². The summed E-state index contributed by atoms with van der Waals surface area (Å²) in [7, 11) is -3.34. The van der Waals surface area contributed by atoms with Crippen LogP contribution in [-0.2, 0) is 16.6 Å².